The second-order valence-electron chi connectivity index (χ2n) is 3.28. The van der Waals surface area contributed by atoms with Gasteiger partial charge in [-0.1, -0.05) is 0 Å². The van der Waals surface area contributed by atoms with E-state index in [4.69, 9.17) is 0 Å². The summed E-state index contributed by atoms with van der Waals surface area (Å²) in [6.45, 7) is 0.479. The van der Waals surface area contributed by atoms with Crippen LogP contribution in [0.3, 0.4) is 0 Å². The molecule has 0 saturated carbocycles. The molecule has 5 nitrogen and oxygen atoms in total. The van der Waals surface area contributed by atoms with Crippen molar-refractivity contribution in [3.05, 3.63) is 0 Å². The Morgan fingerprint density at radius 2 is 1.79 bits per heavy atom. The Bertz CT molecular complexity index is 197. The summed E-state index contributed by atoms with van der Waals surface area (Å²) < 4.78 is 9.21. The molecule has 14 heavy (non-hydrogen) atoms. The quantitative estimate of drug-likeness (QED) is 0.621. The van der Waals surface area contributed by atoms with Crippen LogP contribution in [0.5, 0.6) is 0 Å². The number of rotatable bonds is 2. The average Bonchev–Trinajstić information content (AvgIpc) is 2.27. The maximum atomic E-state index is 11.1. The summed E-state index contributed by atoms with van der Waals surface area (Å²) in [6, 6.07) is -0.277. The summed E-state index contributed by atoms with van der Waals surface area (Å²) >= 11 is 0. The van der Waals surface area contributed by atoms with Gasteiger partial charge in [0.1, 0.15) is 6.04 Å². The van der Waals surface area contributed by atoms with Crippen LogP contribution in [0.25, 0.3) is 0 Å². The summed E-state index contributed by atoms with van der Waals surface area (Å²) in [5.74, 6) is -0.630. The normalized spacial score (nSPS) is 26.7. The van der Waals surface area contributed by atoms with Crippen molar-refractivity contribution in [2.45, 2.75) is 18.9 Å². The first-order valence-corrected chi connectivity index (χ1v) is 4.58. The zero-order valence-corrected chi connectivity index (χ0v) is 8.41. The lowest BCUT2D eigenvalue weighted by Crippen LogP contribution is -2.46. The van der Waals surface area contributed by atoms with E-state index in [-0.39, 0.29) is 23.9 Å². The van der Waals surface area contributed by atoms with Crippen molar-refractivity contribution >= 4 is 11.9 Å². The number of carbonyl (C=O) groups excluding carboxylic acids is 2. The van der Waals surface area contributed by atoms with Gasteiger partial charge in [-0.3, -0.25) is 9.59 Å². The van der Waals surface area contributed by atoms with Gasteiger partial charge in [0.25, 0.3) is 0 Å². The lowest BCUT2D eigenvalue weighted by atomic mass is 9.95. The number of esters is 2. The van der Waals surface area contributed by atoms with Crippen molar-refractivity contribution in [1.29, 1.82) is 0 Å². The van der Waals surface area contributed by atoms with E-state index in [1.807, 2.05) is 0 Å². The highest BCUT2D eigenvalue weighted by molar-refractivity contribution is 5.77. The molecular weight excluding hydrogens is 186 g/mol. The summed E-state index contributed by atoms with van der Waals surface area (Å²) in [5.41, 5.74) is 0. The van der Waals surface area contributed by atoms with Crippen molar-refractivity contribution < 1.29 is 19.1 Å². The van der Waals surface area contributed by atoms with Crippen molar-refractivity contribution in [3.8, 4) is 0 Å². The molecule has 2 atom stereocenters. The van der Waals surface area contributed by atoms with Crippen LogP contribution in [-0.2, 0) is 19.1 Å². The third-order valence-electron chi connectivity index (χ3n) is 2.43. The zero-order valence-electron chi connectivity index (χ0n) is 8.41. The lowest BCUT2D eigenvalue weighted by molar-refractivity contribution is -0.149. The minimum absolute atomic E-state index is 0.138. The van der Waals surface area contributed by atoms with Crippen LogP contribution in [0, 0.1) is 5.92 Å². The molecule has 0 aromatic carbocycles. The number of piperidine rings is 1. The van der Waals surface area contributed by atoms with Gasteiger partial charge in [0.05, 0.1) is 20.1 Å². The Morgan fingerprint density at radius 1 is 1.14 bits per heavy atom. The van der Waals surface area contributed by atoms with E-state index < -0.39 is 0 Å². The molecule has 0 bridgehead atoms. The third-order valence-corrected chi connectivity index (χ3v) is 2.43. The van der Waals surface area contributed by atoms with Gasteiger partial charge in [-0.25, -0.2) is 0 Å². The third kappa shape index (κ3) is 2.45. The predicted molar refractivity (Wildman–Crippen MR) is 48.5 cm³/mol. The van der Waals surface area contributed by atoms with E-state index in [1.165, 1.54) is 14.2 Å². The molecular formula is C9H15NO4. The maximum Gasteiger partial charge on any atom is 0.322 e. The Balaban J connectivity index is 2.38. The monoisotopic (exact) mass is 201 g/mol. The molecule has 0 spiro atoms. The van der Waals surface area contributed by atoms with Crippen molar-refractivity contribution in [1.82, 2.24) is 5.32 Å². The van der Waals surface area contributed by atoms with Crippen molar-refractivity contribution in [3.63, 3.8) is 0 Å². The Labute approximate surface area is 82.8 Å². The minimum atomic E-state index is -0.277. The smallest absolute Gasteiger partial charge is 0.322 e. The summed E-state index contributed by atoms with van der Waals surface area (Å²) in [7, 11) is 2.73. The molecule has 0 amide bonds. The van der Waals surface area contributed by atoms with Gasteiger partial charge in [0.15, 0.2) is 0 Å². The molecule has 1 heterocycles. The lowest BCUT2D eigenvalue weighted by Gasteiger charge is -2.26. The van der Waals surface area contributed by atoms with Gasteiger partial charge in [-0.15, -0.1) is 0 Å². The van der Waals surface area contributed by atoms with Gasteiger partial charge in [-0.05, 0) is 12.8 Å². The Kier molecular flexibility index (Phi) is 3.88. The van der Waals surface area contributed by atoms with Gasteiger partial charge in [0, 0.05) is 6.54 Å². The predicted octanol–water partition coefficient (Wildman–Crippen LogP) is -0.299. The molecule has 1 rings (SSSR count). The van der Waals surface area contributed by atoms with Gasteiger partial charge in [-0.2, -0.15) is 0 Å². The standard InChI is InChI=1S/C9H15NO4/c1-13-8(11)6-3-4-7(10-5-6)9(12)14-2/h6-7,10H,3-5H2,1-2H3/t6-,7+/m1/s1. The maximum absolute atomic E-state index is 11.1. The number of ether oxygens (including phenoxy) is 2. The molecule has 1 saturated heterocycles. The molecule has 0 aliphatic carbocycles. The van der Waals surface area contributed by atoms with Gasteiger partial charge in [0.2, 0.25) is 0 Å². The molecule has 80 valence electrons. The average molecular weight is 201 g/mol. The summed E-state index contributed by atoms with van der Waals surface area (Å²) in [4.78, 5) is 22.2. The molecule has 0 aromatic heterocycles. The first-order chi connectivity index (χ1) is 6.69. The van der Waals surface area contributed by atoms with E-state index in [0.29, 0.717) is 19.4 Å². The van der Waals surface area contributed by atoms with Crippen LogP contribution in [0.15, 0.2) is 0 Å². The number of methoxy groups -OCH3 is 2. The number of carbonyl (C=O) groups is 2. The first kappa shape index (κ1) is 11.0. The molecule has 1 aliphatic rings. The largest absolute Gasteiger partial charge is 0.469 e. The summed E-state index contributed by atoms with van der Waals surface area (Å²) in [5, 5.41) is 2.96. The SMILES string of the molecule is COC(=O)[C@@H]1CC[C@@H](C(=O)OC)NC1. The minimum Gasteiger partial charge on any atom is -0.469 e. The van der Waals surface area contributed by atoms with Gasteiger partial charge >= 0.3 is 11.9 Å². The fourth-order valence-corrected chi connectivity index (χ4v) is 1.57. The fourth-order valence-electron chi connectivity index (χ4n) is 1.57. The molecule has 1 N–H and O–H groups in total. The second kappa shape index (κ2) is 4.95. The molecule has 1 fully saturated rings. The zero-order chi connectivity index (χ0) is 10.6. The van der Waals surface area contributed by atoms with E-state index in [9.17, 15) is 9.59 Å². The van der Waals surface area contributed by atoms with Crippen LogP contribution >= 0.6 is 0 Å². The van der Waals surface area contributed by atoms with Crippen molar-refractivity contribution in [2.24, 2.45) is 5.92 Å². The van der Waals surface area contributed by atoms with E-state index in [2.05, 4.69) is 14.8 Å². The van der Waals surface area contributed by atoms with E-state index >= 15 is 0 Å². The topological polar surface area (TPSA) is 64.6 Å². The number of hydrogen-bond donors (Lipinski definition) is 1. The Morgan fingerprint density at radius 3 is 2.21 bits per heavy atom. The second-order valence-corrected chi connectivity index (χ2v) is 3.28. The van der Waals surface area contributed by atoms with Crippen LogP contribution in [0.1, 0.15) is 12.8 Å². The molecule has 1 aliphatic heterocycles. The van der Waals surface area contributed by atoms with Crippen LogP contribution in [0.2, 0.25) is 0 Å². The highest BCUT2D eigenvalue weighted by atomic mass is 16.5. The highest BCUT2D eigenvalue weighted by Gasteiger charge is 2.30. The fraction of sp³-hybridized carbons (Fsp3) is 0.778. The highest BCUT2D eigenvalue weighted by Crippen LogP contribution is 2.16. The van der Waals surface area contributed by atoms with E-state index in [0.717, 1.165) is 0 Å². The molecule has 0 unspecified atom stereocenters. The number of hydrogen-bond acceptors (Lipinski definition) is 5. The van der Waals surface area contributed by atoms with E-state index in [1.54, 1.807) is 0 Å². The first-order valence-electron chi connectivity index (χ1n) is 4.58. The van der Waals surface area contributed by atoms with Gasteiger partial charge < -0.3 is 14.8 Å². The molecule has 0 radical (unpaired) electrons. The molecule has 5 heteroatoms. The van der Waals surface area contributed by atoms with Crippen LogP contribution in [-0.4, -0.2) is 38.7 Å². The molecule has 0 aromatic rings. The Hall–Kier alpha value is -1.10. The van der Waals surface area contributed by atoms with Crippen LogP contribution < -0.4 is 5.32 Å². The summed E-state index contributed by atoms with van der Waals surface area (Å²) in [6.07, 6.45) is 1.28. The number of nitrogens with one attached hydrogen (secondary N) is 1. The van der Waals surface area contributed by atoms with Crippen LogP contribution in [0.4, 0.5) is 0 Å². The van der Waals surface area contributed by atoms with Crippen molar-refractivity contribution in [2.75, 3.05) is 20.8 Å².